The zero-order chi connectivity index (χ0) is 13.0. The summed E-state index contributed by atoms with van der Waals surface area (Å²) in [6, 6.07) is 8.21. The first-order chi connectivity index (χ1) is 7.97. The Bertz CT molecular complexity index is 362. The molecule has 3 heteroatoms. The third-order valence-corrected chi connectivity index (χ3v) is 3.35. The summed E-state index contributed by atoms with van der Waals surface area (Å²) in [6.45, 7) is 8.19. The Kier molecular flexibility index (Phi) is 5.19. The topological polar surface area (TPSA) is 20.3 Å². The molecule has 0 saturated carbocycles. The molecule has 0 spiro atoms. The lowest BCUT2D eigenvalue weighted by molar-refractivity contribution is 0.0644. The molecule has 1 amide bonds. The second-order valence-corrected chi connectivity index (χ2v) is 5.29. The largest absolute Gasteiger partial charge is 0.334 e. The van der Waals surface area contributed by atoms with Crippen LogP contribution in [-0.4, -0.2) is 22.9 Å². The van der Waals surface area contributed by atoms with Gasteiger partial charge in [0.05, 0.1) is 0 Å². The second kappa shape index (κ2) is 6.20. The van der Waals surface area contributed by atoms with E-state index >= 15 is 0 Å². The van der Waals surface area contributed by atoms with Crippen LogP contribution in [0.15, 0.2) is 24.3 Å². The van der Waals surface area contributed by atoms with Crippen LogP contribution in [0.5, 0.6) is 0 Å². The van der Waals surface area contributed by atoms with Crippen LogP contribution >= 0.6 is 15.9 Å². The Labute approximate surface area is 112 Å². The summed E-state index contributed by atoms with van der Waals surface area (Å²) in [5.74, 6) is 0.108. The van der Waals surface area contributed by atoms with Gasteiger partial charge in [0, 0.05) is 23.0 Å². The van der Waals surface area contributed by atoms with Gasteiger partial charge in [-0.2, -0.15) is 0 Å². The molecule has 17 heavy (non-hydrogen) atoms. The van der Waals surface area contributed by atoms with Gasteiger partial charge in [0.25, 0.3) is 5.91 Å². The van der Waals surface area contributed by atoms with E-state index in [4.69, 9.17) is 0 Å². The molecular weight excluding hydrogens is 278 g/mol. The summed E-state index contributed by atoms with van der Waals surface area (Å²) in [5, 5.41) is 0.819. The highest BCUT2D eigenvalue weighted by atomic mass is 79.9. The number of hydrogen-bond acceptors (Lipinski definition) is 1. The van der Waals surface area contributed by atoms with Crippen molar-refractivity contribution < 1.29 is 4.79 Å². The molecule has 0 aliphatic carbocycles. The molecule has 0 saturated heterocycles. The number of nitrogens with zero attached hydrogens (tertiary/aromatic N) is 1. The van der Waals surface area contributed by atoms with Crippen molar-refractivity contribution in [3.05, 3.63) is 35.4 Å². The first-order valence-electron chi connectivity index (χ1n) is 5.95. The fourth-order valence-electron chi connectivity index (χ4n) is 1.95. The average Bonchev–Trinajstić information content (AvgIpc) is 2.28. The Balaban J connectivity index is 2.93. The average molecular weight is 298 g/mol. The van der Waals surface area contributed by atoms with Gasteiger partial charge in [-0.15, -0.1) is 0 Å². The number of rotatable bonds is 4. The van der Waals surface area contributed by atoms with Crippen molar-refractivity contribution in [1.82, 2.24) is 4.90 Å². The lowest BCUT2D eigenvalue weighted by Crippen LogP contribution is -2.42. The van der Waals surface area contributed by atoms with Gasteiger partial charge >= 0.3 is 0 Å². The summed E-state index contributed by atoms with van der Waals surface area (Å²) in [7, 11) is 0. The van der Waals surface area contributed by atoms with E-state index in [0.29, 0.717) is 0 Å². The van der Waals surface area contributed by atoms with Crippen LogP contribution in [0.1, 0.15) is 43.6 Å². The minimum atomic E-state index is 0.108. The normalized spacial score (nSPS) is 11.0. The summed E-state index contributed by atoms with van der Waals surface area (Å²) < 4.78 is 0. The van der Waals surface area contributed by atoms with E-state index in [2.05, 4.69) is 15.9 Å². The minimum Gasteiger partial charge on any atom is -0.334 e. The first-order valence-corrected chi connectivity index (χ1v) is 7.07. The molecule has 0 aliphatic rings. The van der Waals surface area contributed by atoms with Gasteiger partial charge in [-0.05, 0) is 45.4 Å². The van der Waals surface area contributed by atoms with Gasteiger partial charge in [-0.1, -0.05) is 28.1 Å². The quantitative estimate of drug-likeness (QED) is 0.773. The fourth-order valence-corrected chi connectivity index (χ4v) is 2.32. The van der Waals surface area contributed by atoms with Gasteiger partial charge < -0.3 is 4.90 Å². The van der Waals surface area contributed by atoms with Crippen LogP contribution in [0.4, 0.5) is 0 Å². The van der Waals surface area contributed by atoms with Gasteiger partial charge in [-0.3, -0.25) is 4.79 Å². The third-order valence-electron chi connectivity index (χ3n) is 2.70. The van der Waals surface area contributed by atoms with Gasteiger partial charge in [0.15, 0.2) is 0 Å². The zero-order valence-corrected chi connectivity index (χ0v) is 12.5. The number of carbonyl (C=O) groups is 1. The van der Waals surface area contributed by atoms with Crippen LogP contribution in [0, 0.1) is 0 Å². The lowest BCUT2D eigenvalue weighted by Gasteiger charge is -2.30. The molecule has 0 N–H and O–H groups in total. The van der Waals surface area contributed by atoms with Crippen molar-refractivity contribution in [2.45, 2.75) is 45.1 Å². The van der Waals surface area contributed by atoms with E-state index in [9.17, 15) is 4.79 Å². The molecule has 0 unspecified atom stereocenters. The van der Waals surface area contributed by atoms with Crippen LogP contribution in [-0.2, 0) is 5.33 Å². The van der Waals surface area contributed by atoms with Crippen molar-refractivity contribution in [1.29, 1.82) is 0 Å². The number of benzene rings is 1. The fraction of sp³-hybridized carbons (Fsp3) is 0.500. The van der Waals surface area contributed by atoms with Crippen LogP contribution < -0.4 is 0 Å². The Morgan fingerprint density at radius 1 is 1.12 bits per heavy atom. The van der Waals surface area contributed by atoms with Crippen LogP contribution in [0.25, 0.3) is 0 Å². The van der Waals surface area contributed by atoms with Gasteiger partial charge in [-0.25, -0.2) is 0 Å². The minimum absolute atomic E-state index is 0.108. The lowest BCUT2D eigenvalue weighted by atomic mass is 10.1. The maximum atomic E-state index is 12.3. The monoisotopic (exact) mass is 297 g/mol. The van der Waals surface area contributed by atoms with Gasteiger partial charge in [0.1, 0.15) is 0 Å². The van der Waals surface area contributed by atoms with Gasteiger partial charge in [0.2, 0.25) is 0 Å². The van der Waals surface area contributed by atoms with Crippen LogP contribution in [0.2, 0.25) is 0 Å². The second-order valence-electron chi connectivity index (χ2n) is 4.73. The van der Waals surface area contributed by atoms with Crippen molar-refractivity contribution >= 4 is 21.8 Å². The highest BCUT2D eigenvalue weighted by molar-refractivity contribution is 9.08. The van der Waals surface area contributed by atoms with E-state index in [1.165, 1.54) is 5.56 Å². The van der Waals surface area contributed by atoms with E-state index in [-0.39, 0.29) is 18.0 Å². The summed E-state index contributed by atoms with van der Waals surface area (Å²) in [4.78, 5) is 14.2. The summed E-state index contributed by atoms with van der Waals surface area (Å²) in [5.41, 5.74) is 1.94. The van der Waals surface area contributed by atoms with Crippen molar-refractivity contribution in [3.8, 4) is 0 Å². The maximum Gasteiger partial charge on any atom is 0.254 e. The zero-order valence-electron chi connectivity index (χ0n) is 10.9. The smallest absolute Gasteiger partial charge is 0.254 e. The molecule has 1 aromatic carbocycles. The molecular formula is C14H20BrNO. The molecule has 0 heterocycles. The molecule has 0 atom stereocenters. The molecule has 0 fully saturated rings. The predicted molar refractivity (Wildman–Crippen MR) is 75.5 cm³/mol. The Morgan fingerprint density at radius 2 is 1.59 bits per heavy atom. The third kappa shape index (κ3) is 3.56. The van der Waals surface area contributed by atoms with Crippen molar-refractivity contribution in [2.24, 2.45) is 0 Å². The molecule has 0 aromatic heterocycles. The van der Waals surface area contributed by atoms with Crippen molar-refractivity contribution in [3.63, 3.8) is 0 Å². The van der Waals surface area contributed by atoms with E-state index in [1.807, 2.05) is 56.9 Å². The molecule has 94 valence electrons. The number of amides is 1. The standard InChI is InChI=1S/C14H20BrNO/c1-10(2)16(11(3)4)14(17)13-7-5-12(9-15)6-8-13/h5-8,10-11H,9H2,1-4H3. The Morgan fingerprint density at radius 3 is 1.94 bits per heavy atom. The predicted octanol–water partition coefficient (Wildman–Crippen LogP) is 3.84. The number of carbonyl (C=O) groups excluding carboxylic acids is 1. The number of alkyl halides is 1. The molecule has 1 rings (SSSR count). The summed E-state index contributed by atoms with van der Waals surface area (Å²) in [6.07, 6.45) is 0. The molecule has 1 aromatic rings. The highest BCUT2D eigenvalue weighted by Crippen LogP contribution is 2.14. The highest BCUT2D eigenvalue weighted by Gasteiger charge is 2.21. The molecule has 0 aliphatic heterocycles. The first kappa shape index (κ1) is 14.2. The maximum absolute atomic E-state index is 12.3. The number of hydrogen-bond donors (Lipinski definition) is 0. The number of halogens is 1. The van der Waals surface area contributed by atoms with E-state index in [0.717, 1.165) is 10.9 Å². The SMILES string of the molecule is CC(C)N(C(=O)c1ccc(CBr)cc1)C(C)C. The van der Waals surface area contributed by atoms with E-state index in [1.54, 1.807) is 0 Å². The van der Waals surface area contributed by atoms with E-state index < -0.39 is 0 Å². The van der Waals surface area contributed by atoms with Crippen molar-refractivity contribution in [2.75, 3.05) is 0 Å². The molecule has 0 radical (unpaired) electrons. The molecule has 2 nitrogen and oxygen atoms in total. The van der Waals surface area contributed by atoms with Crippen LogP contribution in [0.3, 0.4) is 0 Å². The Hall–Kier alpha value is -0.830. The molecule has 0 bridgehead atoms. The summed E-state index contributed by atoms with van der Waals surface area (Å²) >= 11 is 3.40.